The van der Waals surface area contributed by atoms with Crippen molar-refractivity contribution in [2.75, 3.05) is 5.32 Å². The smallest absolute Gasteiger partial charge is 0.228 e. The van der Waals surface area contributed by atoms with Crippen molar-refractivity contribution >= 4 is 46.4 Å². The molecule has 1 heterocycles. The molecule has 2 aromatic carbocycles. The molecule has 0 saturated heterocycles. The minimum Gasteiger partial charge on any atom is -0.326 e. The second-order valence-corrected chi connectivity index (χ2v) is 6.33. The molecule has 1 N–H and O–H groups in total. The lowest BCUT2D eigenvalue weighted by molar-refractivity contribution is -0.115. The predicted molar refractivity (Wildman–Crippen MR) is 97.4 cm³/mol. The maximum absolute atomic E-state index is 12.2. The third kappa shape index (κ3) is 3.90. The Bertz CT molecular complexity index is 879. The zero-order chi connectivity index (χ0) is 17.1. The number of imidazole rings is 1. The Kier molecular flexibility index (Phi) is 5.09. The van der Waals surface area contributed by atoms with Crippen LogP contribution in [0, 0.1) is 0 Å². The van der Waals surface area contributed by atoms with Crippen molar-refractivity contribution in [2.24, 2.45) is 0 Å². The van der Waals surface area contributed by atoms with Gasteiger partial charge in [0.25, 0.3) is 0 Å². The Morgan fingerprint density at radius 2 is 1.88 bits per heavy atom. The predicted octanol–water partition coefficient (Wildman–Crippen LogP) is 5.01. The van der Waals surface area contributed by atoms with Crippen molar-refractivity contribution in [2.45, 2.75) is 6.42 Å². The molecular formula is C17H12Cl3N3O. The summed E-state index contributed by atoms with van der Waals surface area (Å²) >= 11 is 18.1. The Labute approximate surface area is 154 Å². The first-order valence-corrected chi connectivity index (χ1v) is 8.18. The van der Waals surface area contributed by atoms with E-state index in [1.54, 1.807) is 53.6 Å². The highest BCUT2D eigenvalue weighted by atomic mass is 35.5. The van der Waals surface area contributed by atoms with Crippen LogP contribution in [0.15, 0.2) is 55.1 Å². The Balaban J connectivity index is 1.70. The molecule has 0 aliphatic heterocycles. The summed E-state index contributed by atoms with van der Waals surface area (Å²) in [4.78, 5) is 16.1. The van der Waals surface area contributed by atoms with Gasteiger partial charge >= 0.3 is 0 Å². The molecule has 7 heteroatoms. The van der Waals surface area contributed by atoms with Crippen LogP contribution in [0.2, 0.25) is 15.1 Å². The molecule has 0 unspecified atom stereocenters. The van der Waals surface area contributed by atoms with Gasteiger partial charge in [0, 0.05) is 18.1 Å². The van der Waals surface area contributed by atoms with E-state index in [1.807, 2.05) is 6.07 Å². The minimum absolute atomic E-state index is 0.167. The molecule has 0 fully saturated rings. The molecule has 0 bridgehead atoms. The van der Waals surface area contributed by atoms with Gasteiger partial charge in [0.05, 0.1) is 33.5 Å². The zero-order valence-electron chi connectivity index (χ0n) is 12.3. The van der Waals surface area contributed by atoms with Crippen molar-refractivity contribution in [3.8, 4) is 5.69 Å². The summed E-state index contributed by atoms with van der Waals surface area (Å²) in [6, 6.07) is 10.4. The van der Waals surface area contributed by atoms with Gasteiger partial charge in [0.2, 0.25) is 5.91 Å². The Morgan fingerprint density at radius 3 is 2.54 bits per heavy atom. The van der Waals surface area contributed by atoms with E-state index in [0.29, 0.717) is 20.8 Å². The molecule has 0 atom stereocenters. The van der Waals surface area contributed by atoms with E-state index in [-0.39, 0.29) is 12.3 Å². The normalized spacial score (nSPS) is 10.6. The maximum Gasteiger partial charge on any atom is 0.228 e. The largest absolute Gasteiger partial charge is 0.326 e. The van der Waals surface area contributed by atoms with Crippen molar-refractivity contribution in [1.29, 1.82) is 0 Å². The topological polar surface area (TPSA) is 46.9 Å². The molecular weight excluding hydrogens is 369 g/mol. The summed E-state index contributed by atoms with van der Waals surface area (Å²) in [6.45, 7) is 0. The molecule has 4 nitrogen and oxygen atoms in total. The van der Waals surface area contributed by atoms with Crippen LogP contribution in [0.4, 0.5) is 5.69 Å². The van der Waals surface area contributed by atoms with Crippen LogP contribution < -0.4 is 5.32 Å². The molecule has 0 aliphatic rings. The number of hydrogen-bond donors (Lipinski definition) is 1. The Hall–Kier alpha value is -2.01. The lowest BCUT2D eigenvalue weighted by Gasteiger charge is -2.09. The number of nitrogens with one attached hydrogen (secondary N) is 1. The number of carbonyl (C=O) groups is 1. The van der Waals surface area contributed by atoms with E-state index in [0.717, 1.165) is 11.3 Å². The van der Waals surface area contributed by atoms with Crippen LogP contribution in [0.3, 0.4) is 0 Å². The Morgan fingerprint density at radius 1 is 1.04 bits per heavy atom. The summed E-state index contributed by atoms with van der Waals surface area (Å²) in [5.74, 6) is -0.167. The monoisotopic (exact) mass is 379 g/mol. The van der Waals surface area contributed by atoms with Crippen LogP contribution >= 0.6 is 34.8 Å². The number of anilines is 1. The fourth-order valence-corrected chi connectivity index (χ4v) is 2.83. The number of hydrogen-bond acceptors (Lipinski definition) is 2. The number of carbonyl (C=O) groups excluding carboxylic acids is 1. The SMILES string of the molecule is O=C(Cc1ccc(Cl)c(Cl)c1)Nc1ccc(-n2ccnc2)c(Cl)c1. The van der Waals surface area contributed by atoms with Crippen molar-refractivity contribution < 1.29 is 4.79 Å². The molecule has 0 saturated carbocycles. The second kappa shape index (κ2) is 7.26. The van der Waals surface area contributed by atoms with Gasteiger partial charge in [0.15, 0.2) is 0 Å². The molecule has 3 rings (SSSR count). The first kappa shape index (κ1) is 16.8. The average molecular weight is 381 g/mol. The number of benzene rings is 2. The van der Waals surface area contributed by atoms with Crippen LogP contribution in [-0.4, -0.2) is 15.5 Å². The lowest BCUT2D eigenvalue weighted by Crippen LogP contribution is -2.14. The van der Waals surface area contributed by atoms with Gasteiger partial charge in [-0.1, -0.05) is 40.9 Å². The molecule has 0 spiro atoms. The third-order valence-electron chi connectivity index (χ3n) is 3.36. The number of nitrogens with zero attached hydrogens (tertiary/aromatic N) is 2. The summed E-state index contributed by atoms with van der Waals surface area (Å²) < 4.78 is 1.80. The number of halogens is 3. The van der Waals surface area contributed by atoms with Gasteiger partial charge in [0.1, 0.15) is 0 Å². The summed E-state index contributed by atoms with van der Waals surface area (Å²) in [5, 5.41) is 4.21. The first-order chi connectivity index (χ1) is 11.5. The van der Waals surface area contributed by atoms with E-state index in [1.165, 1.54) is 0 Å². The number of aromatic nitrogens is 2. The van der Waals surface area contributed by atoms with E-state index >= 15 is 0 Å². The van der Waals surface area contributed by atoms with Gasteiger partial charge in [-0.3, -0.25) is 4.79 Å². The van der Waals surface area contributed by atoms with Gasteiger partial charge < -0.3 is 9.88 Å². The van der Waals surface area contributed by atoms with Gasteiger partial charge in [-0.2, -0.15) is 0 Å². The molecule has 0 radical (unpaired) electrons. The molecule has 3 aromatic rings. The summed E-state index contributed by atoms with van der Waals surface area (Å²) in [5.41, 5.74) is 2.19. The number of rotatable bonds is 4. The van der Waals surface area contributed by atoms with E-state index in [4.69, 9.17) is 34.8 Å². The highest BCUT2D eigenvalue weighted by Gasteiger charge is 2.09. The fraction of sp³-hybridized carbons (Fsp3) is 0.0588. The van der Waals surface area contributed by atoms with Crippen LogP contribution in [0.5, 0.6) is 0 Å². The van der Waals surface area contributed by atoms with Crippen molar-refractivity contribution in [3.05, 3.63) is 75.8 Å². The number of amides is 1. The van der Waals surface area contributed by atoms with Crippen LogP contribution in [-0.2, 0) is 11.2 Å². The fourth-order valence-electron chi connectivity index (χ4n) is 2.24. The van der Waals surface area contributed by atoms with E-state index < -0.39 is 0 Å². The van der Waals surface area contributed by atoms with E-state index in [9.17, 15) is 4.79 Å². The highest BCUT2D eigenvalue weighted by Crippen LogP contribution is 2.25. The van der Waals surface area contributed by atoms with Gasteiger partial charge in [-0.05, 0) is 35.9 Å². The molecule has 24 heavy (non-hydrogen) atoms. The molecule has 122 valence electrons. The summed E-state index contributed by atoms with van der Waals surface area (Å²) in [6.07, 6.45) is 5.31. The lowest BCUT2D eigenvalue weighted by atomic mass is 10.1. The zero-order valence-corrected chi connectivity index (χ0v) is 14.6. The first-order valence-electron chi connectivity index (χ1n) is 7.04. The minimum atomic E-state index is -0.167. The van der Waals surface area contributed by atoms with Crippen molar-refractivity contribution in [1.82, 2.24) is 9.55 Å². The van der Waals surface area contributed by atoms with Gasteiger partial charge in [-0.25, -0.2) is 4.98 Å². The highest BCUT2D eigenvalue weighted by molar-refractivity contribution is 6.42. The molecule has 1 aromatic heterocycles. The quantitative estimate of drug-likeness (QED) is 0.691. The third-order valence-corrected chi connectivity index (χ3v) is 4.40. The average Bonchev–Trinajstić information content (AvgIpc) is 3.05. The van der Waals surface area contributed by atoms with E-state index in [2.05, 4.69) is 10.3 Å². The maximum atomic E-state index is 12.2. The molecule has 0 aliphatic carbocycles. The van der Waals surface area contributed by atoms with Gasteiger partial charge in [-0.15, -0.1) is 0 Å². The standard InChI is InChI=1S/C17H12Cl3N3O/c18-13-3-1-11(7-14(13)19)8-17(24)22-12-2-4-16(15(20)9-12)23-6-5-21-10-23/h1-7,9-10H,8H2,(H,22,24). The van der Waals surface area contributed by atoms with Crippen molar-refractivity contribution in [3.63, 3.8) is 0 Å². The molecule has 1 amide bonds. The van der Waals surface area contributed by atoms with Crippen LogP contribution in [0.25, 0.3) is 5.69 Å². The summed E-state index contributed by atoms with van der Waals surface area (Å²) in [7, 11) is 0. The van der Waals surface area contributed by atoms with Crippen LogP contribution in [0.1, 0.15) is 5.56 Å². The second-order valence-electron chi connectivity index (χ2n) is 5.11.